The molecule has 27 heavy (non-hydrogen) atoms. The van der Waals surface area contributed by atoms with Crippen LogP contribution >= 0.6 is 22.9 Å². The van der Waals surface area contributed by atoms with Crippen molar-refractivity contribution in [3.05, 3.63) is 45.4 Å². The SMILES string of the molecule is N=C1C(c2nc(-c3ccc(Cl)cc3)cs2)=C(O)CN1[C@H]1CS(=O)(=O)C[C@H]1O. The molecule has 142 valence electrons. The second-order valence-electron chi connectivity index (χ2n) is 6.55. The van der Waals surface area contributed by atoms with Crippen LogP contribution in [0.5, 0.6) is 0 Å². The Morgan fingerprint density at radius 3 is 2.59 bits per heavy atom. The number of aliphatic hydroxyl groups excluding tert-OH is 2. The predicted octanol–water partition coefficient (Wildman–Crippen LogP) is 2.18. The number of nitrogens with one attached hydrogen (secondary N) is 1. The van der Waals surface area contributed by atoms with Crippen molar-refractivity contribution >= 4 is 44.2 Å². The fourth-order valence-electron chi connectivity index (χ4n) is 3.36. The molecule has 10 heteroatoms. The molecule has 1 saturated heterocycles. The highest BCUT2D eigenvalue weighted by molar-refractivity contribution is 7.91. The molecule has 4 rings (SSSR count). The summed E-state index contributed by atoms with van der Waals surface area (Å²) in [4.78, 5) is 5.94. The summed E-state index contributed by atoms with van der Waals surface area (Å²) in [6.07, 6.45) is -1.08. The van der Waals surface area contributed by atoms with Gasteiger partial charge in [0.2, 0.25) is 0 Å². The van der Waals surface area contributed by atoms with Gasteiger partial charge in [-0.15, -0.1) is 11.3 Å². The number of hydrogen-bond acceptors (Lipinski definition) is 7. The molecule has 2 aliphatic heterocycles. The summed E-state index contributed by atoms with van der Waals surface area (Å²) in [5.74, 6) is -0.625. The fraction of sp³-hybridized carbons (Fsp3) is 0.294. The third kappa shape index (κ3) is 3.36. The Balaban J connectivity index is 1.60. The molecule has 1 aromatic heterocycles. The summed E-state index contributed by atoms with van der Waals surface area (Å²) in [5, 5.41) is 31.8. The summed E-state index contributed by atoms with van der Waals surface area (Å²) in [6.45, 7) is -0.0126. The van der Waals surface area contributed by atoms with Gasteiger partial charge in [-0.25, -0.2) is 13.4 Å². The normalized spacial score (nSPS) is 24.8. The van der Waals surface area contributed by atoms with Gasteiger partial charge in [0.05, 0.1) is 41.5 Å². The summed E-state index contributed by atoms with van der Waals surface area (Å²) >= 11 is 7.19. The van der Waals surface area contributed by atoms with Crippen LogP contribution in [0.4, 0.5) is 0 Å². The molecule has 0 aliphatic carbocycles. The van der Waals surface area contributed by atoms with Crippen LogP contribution in [-0.4, -0.2) is 64.5 Å². The lowest BCUT2D eigenvalue weighted by Crippen LogP contribution is -2.44. The monoisotopic (exact) mass is 425 g/mol. The van der Waals surface area contributed by atoms with Crippen molar-refractivity contribution in [2.45, 2.75) is 12.1 Å². The van der Waals surface area contributed by atoms with E-state index in [0.717, 1.165) is 5.56 Å². The maximum absolute atomic E-state index is 11.8. The standard InChI is InChI=1S/C17H16ClN3O4S2/c18-10-3-1-9(2-4-10)11-6-26-17(20-11)15-13(22)5-21(16(15)19)12-7-27(24,25)8-14(12)23/h1-4,6,12,14,19,22-23H,5,7-8H2/t12-,14+/m0/s1. The molecule has 0 amide bonds. The first kappa shape index (κ1) is 18.4. The zero-order valence-electron chi connectivity index (χ0n) is 14.0. The van der Waals surface area contributed by atoms with Crippen LogP contribution < -0.4 is 0 Å². The highest BCUT2D eigenvalue weighted by Crippen LogP contribution is 2.34. The van der Waals surface area contributed by atoms with Crippen LogP contribution in [0.25, 0.3) is 16.8 Å². The van der Waals surface area contributed by atoms with Crippen LogP contribution in [0, 0.1) is 5.41 Å². The molecule has 2 aliphatic rings. The van der Waals surface area contributed by atoms with Crippen LogP contribution in [0.2, 0.25) is 5.02 Å². The maximum Gasteiger partial charge on any atom is 0.155 e. The van der Waals surface area contributed by atoms with Gasteiger partial charge < -0.3 is 15.1 Å². The molecule has 0 saturated carbocycles. The van der Waals surface area contributed by atoms with E-state index < -0.39 is 22.0 Å². The van der Waals surface area contributed by atoms with Crippen molar-refractivity contribution in [2.24, 2.45) is 0 Å². The quantitative estimate of drug-likeness (QED) is 0.694. The van der Waals surface area contributed by atoms with Gasteiger partial charge in [0.1, 0.15) is 16.6 Å². The fourth-order valence-corrected chi connectivity index (χ4v) is 6.18. The predicted molar refractivity (Wildman–Crippen MR) is 105 cm³/mol. The smallest absolute Gasteiger partial charge is 0.155 e. The van der Waals surface area contributed by atoms with Gasteiger partial charge >= 0.3 is 0 Å². The summed E-state index contributed by atoms with van der Waals surface area (Å²) in [5.41, 5.74) is 1.83. The minimum absolute atomic E-state index is 0.0126. The van der Waals surface area contributed by atoms with E-state index in [4.69, 9.17) is 17.0 Å². The number of hydrogen-bond donors (Lipinski definition) is 3. The Morgan fingerprint density at radius 1 is 1.26 bits per heavy atom. The Kier molecular flexibility index (Phi) is 4.50. The molecule has 7 nitrogen and oxygen atoms in total. The minimum Gasteiger partial charge on any atom is -0.510 e. The number of nitrogens with zero attached hydrogens (tertiary/aromatic N) is 2. The zero-order valence-corrected chi connectivity index (χ0v) is 16.4. The molecular formula is C17H16ClN3O4S2. The van der Waals surface area contributed by atoms with E-state index in [1.807, 2.05) is 17.5 Å². The van der Waals surface area contributed by atoms with E-state index in [1.54, 1.807) is 12.1 Å². The first-order valence-corrected chi connectivity index (χ1v) is 11.2. The number of aromatic nitrogens is 1. The highest BCUT2D eigenvalue weighted by Gasteiger charge is 2.44. The average molecular weight is 426 g/mol. The second-order valence-corrected chi connectivity index (χ2v) is 10.0. The molecule has 0 spiro atoms. The molecule has 1 fully saturated rings. The van der Waals surface area contributed by atoms with Gasteiger partial charge in [-0.1, -0.05) is 23.7 Å². The Bertz CT molecular complexity index is 1050. The van der Waals surface area contributed by atoms with Crippen molar-refractivity contribution in [3.63, 3.8) is 0 Å². The number of halogens is 1. The van der Waals surface area contributed by atoms with Gasteiger partial charge in [0.25, 0.3) is 0 Å². The summed E-state index contributed by atoms with van der Waals surface area (Å²) in [6, 6.07) is 6.45. The lowest BCUT2D eigenvalue weighted by atomic mass is 10.1. The maximum atomic E-state index is 11.8. The van der Waals surface area contributed by atoms with E-state index in [1.165, 1.54) is 16.2 Å². The molecular weight excluding hydrogens is 410 g/mol. The van der Waals surface area contributed by atoms with Crippen LogP contribution in [0.3, 0.4) is 0 Å². The average Bonchev–Trinajstić information content (AvgIpc) is 3.24. The molecule has 0 unspecified atom stereocenters. The first-order chi connectivity index (χ1) is 12.7. The summed E-state index contributed by atoms with van der Waals surface area (Å²) in [7, 11) is -3.35. The number of benzene rings is 1. The molecule has 3 N–H and O–H groups in total. The Hall–Kier alpha value is -1.94. The molecule has 2 atom stereocenters. The highest BCUT2D eigenvalue weighted by atomic mass is 35.5. The number of sulfone groups is 1. The van der Waals surface area contributed by atoms with Crippen molar-refractivity contribution in [2.75, 3.05) is 18.1 Å². The third-order valence-corrected chi connectivity index (χ3v) is 7.50. The van der Waals surface area contributed by atoms with E-state index >= 15 is 0 Å². The van der Waals surface area contributed by atoms with E-state index in [0.29, 0.717) is 15.7 Å². The van der Waals surface area contributed by atoms with Crippen molar-refractivity contribution in [1.82, 2.24) is 9.88 Å². The zero-order chi connectivity index (χ0) is 19.3. The molecule has 0 bridgehead atoms. The number of aliphatic hydroxyl groups is 2. The van der Waals surface area contributed by atoms with Gasteiger partial charge in [0, 0.05) is 16.0 Å². The van der Waals surface area contributed by atoms with E-state index in [-0.39, 0.29) is 35.2 Å². The Morgan fingerprint density at radius 2 is 1.96 bits per heavy atom. The van der Waals surface area contributed by atoms with Crippen molar-refractivity contribution < 1.29 is 18.6 Å². The topological polar surface area (TPSA) is 115 Å². The van der Waals surface area contributed by atoms with Gasteiger partial charge in [-0.2, -0.15) is 0 Å². The lowest BCUT2D eigenvalue weighted by molar-refractivity contribution is 0.124. The lowest BCUT2D eigenvalue weighted by Gasteiger charge is -2.27. The summed E-state index contributed by atoms with van der Waals surface area (Å²) < 4.78 is 23.6. The number of amidine groups is 1. The van der Waals surface area contributed by atoms with Crippen molar-refractivity contribution in [3.8, 4) is 11.3 Å². The molecule has 0 radical (unpaired) electrons. The van der Waals surface area contributed by atoms with Crippen LogP contribution in [0.15, 0.2) is 35.4 Å². The molecule has 2 aromatic rings. The largest absolute Gasteiger partial charge is 0.510 e. The van der Waals surface area contributed by atoms with E-state index in [9.17, 15) is 18.6 Å². The minimum atomic E-state index is -3.35. The van der Waals surface area contributed by atoms with Gasteiger partial charge in [-0.3, -0.25) is 5.41 Å². The third-order valence-electron chi connectivity index (χ3n) is 4.68. The number of rotatable bonds is 3. The molecule has 3 heterocycles. The van der Waals surface area contributed by atoms with Gasteiger partial charge in [-0.05, 0) is 12.1 Å². The van der Waals surface area contributed by atoms with Crippen LogP contribution in [-0.2, 0) is 9.84 Å². The Labute approximate surface area is 165 Å². The van der Waals surface area contributed by atoms with Crippen LogP contribution in [0.1, 0.15) is 5.01 Å². The van der Waals surface area contributed by atoms with Gasteiger partial charge in [0.15, 0.2) is 9.84 Å². The van der Waals surface area contributed by atoms with Crippen molar-refractivity contribution in [1.29, 1.82) is 5.41 Å². The molecule has 1 aromatic carbocycles. The second kappa shape index (κ2) is 6.59. The first-order valence-electron chi connectivity index (χ1n) is 8.13. The van der Waals surface area contributed by atoms with E-state index in [2.05, 4.69) is 4.98 Å². The number of thiazole rings is 1.